The second kappa shape index (κ2) is 5.22. The lowest BCUT2D eigenvalue weighted by Gasteiger charge is -2.52. The summed E-state index contributed by atoms with van der Waals surface area (Å²) in [6.45, 7) is 4.04. The summed E-state index contributed by atoms with van der Waals surface area (Å²) in [7, 11) is 3.72. The summed E-state index contributed by atoms with van der Waals surface area (Å²) in [5.41, 5.74) is 7.48. The monoisotopic (exact) mass is 289 g/mol. The lowest BCUT2D eigenvalue weighted by molar-refractivity contribution is -0.0268. The van der Waals surface area contributed by atoms with Gasteiger partial charge in [0.15, 0.2) is 0 Å². The number of likely N-dealkylation sites (tertiary alicyclic amines) is 2. The van der Waals surface area contributed by atoms with Crippen molar-refractivity contribution in [3.05, 3.63) is 23.8 Å². The van der Waals surface area contributed by atoms with Crippen LogP contribution in [0.25, 0.3) is 0 Å². The molecule has 2 heterocycles. The van der Waals surface area contributed by atoms with Crippen LogP contribution in [0.2, 0.25) is 0 Å². The molecule has 3 rings (SSSR count). The Morgan fingerprint density at radius 2 is 1.95 bits per heavy atom. The molecule has 2 N–H and O–H groups in total. The fourth-order valence-electron chi connectivity index (χ4n) is 3.63. The molecule has 114 valence electrons. The minimum Gasteiger partial charge on any atom is -0.495 e. The summed E-state index contributed by atoms with van der Waals surface area (Å²) in [5, 5.41) is 0. The topological polar surface area (TPSA) is 58.8 Å². The molecule has 0 atom stereocenters. The van der Waals surface area contributed by atoms with E-state index < -0.39 is 0 Å². The number of anilines is 1. The molecule has 5 nitrogen and oxygen atoms in total. The van der Waals surface area contributed by atoms with Gasteiger partial charge in [0, 0.05) is 31.7 Å². The van der Waals surface area contributed by atoms with Gasteiger partial charge in [-0.1, -0.05) is 0 Å². The molecule has 0 saturated carbocycles. The number of carbonyl (C=O) groups excluding carboxylic acids is 1. The zero-order chi connectivity index (χ0) is 15.0. The van der Waals surface area contributed by atoms with Crippen LogP contribution in [0.3, 0.4) is 0 Å². The first-order valence-corrected chi connectivity index (χ1v) is 7.44. The first kappa shape index (κ1) is 14.2. The van der Waals surface area contributed by atoms with Crippen molar-refractivity contribution in [2.24, 2.45) is 5.41 Å². The van der Waals surface area contributed by atoms with Gasteiger partial charge in [0.25, 0.3) is 5.91 Å². The minimum absolute atomic E-state index is 0.0795. The van der Waals surface area contributed by atoms with Crippen LogP contribution in [0.1, 0.15) is 23.2 Å². The molecule has 0 unspecified atom stereocenters. The van der Waals surface area contributed by atoms with Crippen molar-refractivity contribution in [3.8, 4) is 5.75 Å². The lowest BCUT2D eigenvalue weighted by Crippen LogP contribution is -2.59. The Labute approximate surface area is 125 Å². The number of methoxy groups -OCH3 is 1. The zero-order valence-corrected chi connectivity index (χ0v) is 12.8. The molecule has 1 aromatic rings. The summed E-state index contributed by atoms with van der Waals surface area (Å²) >= 11 is 0. The Morgan fingerprint density at radius 1 is 1.29 bits per heavy atom. The number of hydrogen-bond acceptors (Lipinski definition) is 4. The first-order chi connectivity index (χ1) is 10.0. The van der Waals surface area contributed by atoms with E-state index in [1.165, 1.54) is 13.1 Å². The Kier molecular flexibility index (Phi) is 3.53. The van der Waals surface area contributed by atoms with E-state index in [4.69, 9.17) is 10.5 Å². The van der Waals surface area contributed by atoms with Crippen LogP contribution in [0.4, 0.5) is 5.69 Å². The van der Waals surface area contributed by atoms with Crippen LogP contribution in [0.5, 0.6) is 5.75 Å². The van der Waals surface area contributed by atoms with E-state index >= 15 is 0 Å². The fraction of sp³-hybridized carbons (Fsp3) is 0.562. The smallest absolute Gasteiger partial charge is 0.253 e. The summed E-state index contributed by atoms with van der Waals surface area (Å²) in [6.07, 6.45) is 2.21. The second-order valence-electron chi connectivity index (χ2n) is 6.42. The van der Waals surface area contributed by atoms with Crippen molar-refractivity contribution >= 4 is 11.6 Å². The molecule has 21 heavy (non-hydrogen) atoms. The Balaban J connectivity index is 1.66. The van der Waals surface area contributed by atoms with Crippen LogP contribution in [0.15, 0.2) is 18.2 Å². The molecule has 2 aliphatic rings. The number of piperidine rings is 1. The van der Waals surface area contributed by atoms with Gasteiger partial charge in [0.2, 0.25) is 0 Å². The van der Waals surface area contributed by atoms with Gasteiger partial charge in [0.05, 0.1) is 12.8 Å². The number of carbonyl (C=O) groups is 1. The largest absolute Gasteiger partial charge is 0.495 e. The van der Waals surface area contributed by atoms with E-state index in [1.54, 1.807) is 25.3 Å². The van der Waals surface area contributed by atoms with Crippen molar-refractivity contribution in [1.29, 1.82) is 0 Å². The second-order valence-corrected chi connectivity index (χ2v) is 6.42. The SMILES string of the molecule is COc1cc(C(=O)N2CCC3(CC2)CN(C)C3)ccc1N. The third kappa shape index (κ3) is 2.58. The van der Waals surface area contributed by atoms with E-state index in [9.17, 15) is 4.79 Å². The predicted molar refractivity (Wildman–Crippen MR) is 82.5 cm³/mol. The maximum Gasteiger partial charge on any atom is 0.253 e. The third-order valence-electron chi connectivity index (χ3n) is 4.80. The maximum atomic E-state index is 12.6. The average Bonchev–Trinajstić information content (AvgIpc) is 2.46. The van der Waals surface area contributed by atoms with E-state index in [0.717, 1.165) is 25.9 Å². The molecule has 1 spiro atoms. The van der Waals surface area contributed by atoms with Crippen molar-refractivity contribution in [2.75, 3.05) is 46.1 Å². The number of amides is 1. The van der Waals surface area contributed by atoms with E-state index in [-0.39, 0.29) is 5.91 Å². The fourth-order valence-corrected chi connectivity index (χ4v) is 3.63. The number of nitrogens with zero attached hydrogens (tertiary/aromatic N) is 2. The summed E-state index contributed by atoms with van der Waals surface area (Å²) in [5.74, 6) is 0.644. The van der Waals surface area contributed by atoms with Gasteiger partial charge in [-0.25, -0.2) is 0 Å². The summed E-state index contributed by atoms with van der Waals surface area (Å²) < 4.78 is 5.19. The lowest BCUT2D eigenvalue weighted by atomic mass is 9.72. The van der Waals surface area contributed by atoms with Gasteiger partial charge in [-0.05, 0) is 43.5 Å². The molecule has 0 bridgehead atoms. The third-order valence-corrected chi connectivity index (χ3v) is 4.80. The Bertz CT molecular complexity index is 542. The number of ether oxygens (including phenoxy) is 1. The number of nitrogens with two attached hydrogens (primary N) is 1. The number of benzene rings is 1. The molecule has 1 amide bonds. The molecule has 2 fully saturated rings. The highest BCUT2D eigenvalue weighted by Crippen LogP contribution is 2.39. The van der Waals surface area contributed by atoms with Crippen LogP contribution in [0, 0.1) is 5.41 Å². The van der Waals surface area contributed by atoms with Crippen LogP contribution in [-0.4, -0.2) is 56.0 Å². The molecule has 0 aromatic heterocycles. The van der Waals surface area contributed by atoms with E-state index in [2.05, 4.69) is 11.9 Å². The number of rotatable bonds is 2. The van der Waals surface area contributed by atoms with Gasteiger partial charge in [-0.3, -0.25) is 4.79 Å². The van der Waals surface area contributed by atoms with Crippen molar-refractivity contribution < 1.29 is 9.53 Å². The summed E-state index contributed by atoms with van der Waals surface area (Å²) in [4.78, 5) is 16.9. The quantitative estimate of drug-likeness (QED) is 0.837. The molecule has 5 heteroatoms. The molecule has 0 aliphatic carbocycles. The molecule has 2 aliphatic heterocycles. The van der Waals surface area contributed by atoms with E-state index in [1.807, 2.05) is 4.90 Å². The van der Waals surface area contributed by atoms with E-state index in [0.29, 0.717) is 22.4 Å². The van der Waals surface area contributed by atoms with Crippen molar-refractivity contribution in [1.82, 2.24) is 9.80 Å². The first-order valence-electron chi connectivity index (χ1n) is 7.44. The van der Waals surface area contributed by atoms with Crippen molar-refractivity contribution in [3.63, 3.8) is 0 Å². The minimum atomic E-state index is 0.0795. The highest BCUT2D eigenvalue weighted by molar-refractivity contribution is 5.95. The maximum absolute atomic E-state index is 12.6. The molecule has 1 aromatic carbocycles. The molecular formula is C16H23N3O2. The highest BCUT2D eigenvalue weighted by atomic mass is 16.5. The van der Waals surface area contributed by atoms with Crippen LogP contribution < -0.4 is 10.5 Å². The zero-order valence-electron chi connectivity index (χ0n) is 12.8. The van der Waals surface area contributed by atoms with Gasteiger partial charge in [-0.15, -0.1) is 0 Å². The normalized spacial score (nSPS) is 21.1. The highest BCUT2D eigenvalue weighted by Gasteiger charge is 2.43. The average molecular weight is 289 g/mol. The summed E-state index contributed by atoms with van der Waals surface area (Å²) in [6, 6.07) is 5.25. The van der Waals surface area contributed by atoms with Crippen molar-refractivity contribution in [2.45, 2.75) is 12.8 Å². The van der Waals surface area contributed by atoms with Gasteiger partial charge in [0.1, 0.15) is 5.75 Å². The molecule has 2 saturated heterocycles. The standard InChI is InChI=1S/C16H23N3O2/c1-18-10-16(11-18)5-7-19(8-6-16)15(20)12-3-4-13(17)14(9-12)21-2/h3-4,9H,5-8,10-11,17H2,1-2H3. The number of nitrogen functional groups attached to an aromatic ring is 1. The predicted octanol–water partition coefficient (Wildman–Crippen LogP) is 1.45. The van der Waals surface area contributed by atoms with Crippen LogP contribution >= 0.6 is 0 Å². The Hall–Kier alpha value is -1.75. The van der Waals surface area contributed by atoms with Gasteiger partial charge < -0.3 is 20.3 Å². The molecular weight excluding hydrogens is 266 g/mol. The van der Waals surface area contributed by atoms with Crippen LogP contribution in [-0.2, 0) is 0 Å². The van der Waals surface area contributed by atoms with Gasteiger partial charge in [-0.2, -0.15) is 0 Å². The number of hydrogen-bond donors (Lipinski definition) is 1. The Morgan fingerprint density at radius 3 is 2.52 bits per heavy atom. The van der Waals surface area contributed by atoms with Gasteiger partial charge >= 0.3 is 0 Å². The molecule has 0 radical (unpaired) electrons.